The first kappa shape index (κ1) is 50.0. The van der Waals surface area contributed by atoms with Crippen LogP contribution in [0.5, 0.6) is 0 Å². The fraction of sp³-hybridized carbons (Fsp3) is 0.579. The number of esters is 3. The van der Waals surface area contributed by atoms with Crippen molar-refractivity contribution in [2.24, 2.45) is 5.11 Å². The molecule has 0 radical (unpaired) electrons. The number of benzene rings is 2. The lowest BCUT2D eigenvalue weighted by molar-refractivity contribution is -0.316. The van der Waals surface area contributed by atoms with Crippen molar-refractivity contribution in [1.29, 1.82) is 5.41 Å². The normalized spacial score (nSPS) is 32.7. The maximum atomic E-state index is 12.8. The van der Waals surface area contributed by atoms with Crippen LogP contribution in [0.2, 0.25) is 0 Å². The van der Waals surface area contributed by atoms with E-state index >= 15 is 0 Å². The highest BCUT2D eigenvalue weighted by Gasteiger charge is 2.56. The first-order chi connectivity index (χ1) is 29.0. The largest absolute Gasteiger partial charge is 0.462 e. The van der Waals surface area contributed by atoms with Crippen LogP contribution < -0.4 is 0 Å². The van der Waals surface area contributed by atoms with Gasteiger partial charge in [-0.15, -0.1) is 23.5 Å². The number of carbonyl (C=O) groups excluding carboxylic acids is 3. The van der Waals surface area contributed by atoms with Crippen molar-refractivity contribution in [2.45, 2.75) is 132 Å². The molecule has 0 amide bonds. The fourth-order valence-corrected chi connectivity index (χ4v) is 10.5. The summed E-state index contributed by atoms with van der Waals surface area (Å²) in [6.45, 7) is 5.42. The van der Waals surface area contributed by atoms with Gasteiger partial charge < -0.3 is 42.6 Å². The summed E-state index contributed by atoms with van der Waals surface area (Å²) >= 11 is 27.8. The van der Waals surface area contributed by atoms with Crippen molar-refractivity contribution in [2.75, 3.05) is 10.7 Å². The third-order valence-corrected chi connectivity index (χ3v) is 13.8. The number of ether oxygens (including phenoxy) is 9. The molecule has 5 rings (SSSR count). The van der Waals surface area contributed by atoms with Gasteiger partial charge >= 0.3 is 17.9 Å². The van der Waals surface area contributed by atoms with Gasteiger partial charge in [0.1, 0.15) is 41.8 Å². The minimum Gasteiger partial charge on any atom is -0.462 e. The molecule has 3 aliphatic rings. The van der Waals surface area contributed by atoms with Crippen LogP contribution in [0.4, 0.5) is 0 Å². The Balaban J connectivity index is 1.63. The average molecular weight is 1080 g/mol. The molecule has 3 fully saturated rings. The number of nitrogens with one attached hydrogen (secondary N) is 1. The Morgan fingerprint density at radius 3 is 1.70 bits per heavy atom. The molecule has 0 spiro atoms. The molecule has 0 aliphatic carbocycles. The zero-order chi connectivity index (χ0) is 44.4. The van der Waals surface area contributed by atoms with Gasteiger partial charge in [-0.05, 0) is 36.7 Å². The van der Waals surface area contributed by atoms with Gasteiger partial charge in [-0.1, -0.05) is 108 Å². The predicted molar refractivity (Wildman–Crippen MR) is 234 cm³/mol. The zero-order valence-corrected chi connectivity index (χ0v) is 40.0. The smallest absolute Gasteiger partial charge is 0.303 e. The monoisotopic (exact) mass is 1070 g/mol. The maximum absolute atomic E-state index is 12.8. The molecule has 61 heavy (non-hydrogen) atoms. The number of thioether (sulfide) groups is 2. The number of hydrogen-bond acceptors (Lipinski definition) is 16. The molecule has 0 saturated carbocycles. The van der Waals surface area contributed by atoms with Crippen LogP contribution in [-0.4, -0.2) is 123 Å². The number of alkyl halides is 5. The number of azide groups is 1. The van der Waals surface area contributed by atoms with E-state index in [4.69, 9.17) is 82.8 Å². The lowest BCUT2D eigenvalue weighted by atomic mass is 9.98. The van der Waals surface area contributed by atoms with E-state index in [2.05, 4.69) is 41.9 Å². The first-order valence-corrected chi connectivity index (χ1v) is 23.9. The van der Waals surface area contributed by atoms with E-state index in [1.165, 1.54) is 44.3 Å². The molecule has 0 aromatic heterocycles. The molecule has 2 aromatic carbocycles. The van der Waals surface area contributed by atoms with Crippen LogP contribution in [0.3, 0.4) is 0 Å². The Bertz CT molecular complexity index is 1860. The Labute approximate surface area is 392 Å². The van der Waals surface area contributed by atoms with Crippen LogP contribution in [0.15, 0.2) is 75.6 Å². The Kier molecular flexibility index (Phi) is 19.0. The van der Waals surface area contributed by atoms with Gasteiger partial charge in [-0.3, -0.25) is 19.8 Å². The van der Waals surface area contributed by atoms with E-state index in [-0.39, 0.29) is 17.1 Å². The Morgan fingerprint density at radius 2 is 1.25 bits per heavy atom. The standard InChI is InChI=1S/C38H43Br2Cl3N4O12S2/c1-18-28(46-47-45)24(52-19(2)48)15-27(51-18)57-31-29(53-20(3)49)25(16-39)55-35(33(31)60-22-11-7-5-8-12-22)58-32-30(54-21(4)50)26(17-40)56-36(59-37(44)38(41,42)43)34(32)61-23-13-9-6-10-14-23/h5-14,18,24-36,44H,15-17H2,1-4H3/t18-,24-,25+,26+,27-,28-,29+,30+,31-,32-,33+,34+,35-,36+/m0/s1. The summed E-state index contributed by atoms with van der Waals surface area (Å²) < 4.78 is 54.4. The third kappa shape index (κ3) is 13.7. The second-order valence-electron chi connectivity index (χ2n) is 13.8. The molecule has 14 atom stereocenters. The molecule has 0 unspecified atom stereocenters. The highest BCUT2D eigenvalue weighted by molar-refractivity contribution is 9.09. The molecule has 23 heteroatoms. The maximum Gasteiger partial charge on any atom is 0.303 e. The van der Waals surface area contributed by atoms with Crippen molar-refractivity contribution in [3.8, 4) is 0 Å². The first-order valence-electron chi connectivity index (χ1n) is 18.7. The third-order valence-electron chi connectivity index (χ3n) is 9.37. The van der Waals surface area contributed by atoms with Gasteiger partial charge in [0.05, 0.1) is 11.4 Å². The molecule has 3 saturated heterocycles. The number of halogens is 5. The lowest BCUT2D eigenvalue weighted by Gasteiger charge is -2.50. The molecule has 3 heterocycles. The number of hydrogen-bond donors (Lipinski definition) is 1. The van der Waals surface area contributed by atoms with E-state index < -0.39 is 112 Å². The van der Waals surface area contributed by atoms with E-state index in [1.54, 1.807) is 6.92 Å². The summed E-state index contributed by atoms with van der Waals surface area (Å²) in [6.07, 6.45) is -11.6. The molecule has 3 aliphatic heterocycles. The van der Waals surface area contributed by atoms with E-state index in [0.717, 1.165) is 9.79 Å². The second-order valence-corrected chi connectivity index (χ2v) is 19.9. The van der Waals surface area contributed by atoms with E-state index in [9.17, 15) is 19.9 Å². The summed E-state index contributed by atoms with van der Waals surface area (Å²) in [6, 6.07) is 17.6. The van der Waals surface area contributed by atoms with Gasteiger partial charge in [0.2, 0.25) is 12.2 Å². The van der Waals surface area contributed by atoms with Crippen molar-refractivity contribution < 1.29 is 57.0 Å². The van der Waals surface area contributed by atoms with Crippen molar-refractivity contribution in [3.05, 3.63) is 71.1 Å². The molecule has 2 aromatic rings. The Hall–Kier alpha value is -2.04. The second kappa shape index (κ2) is 23.2. The lowest BCUT2D eigenvalue weighted by Crippen LogP contribution is -2.65. The van der Waals surface area contributed by atoms with Crippen LogP contribution in [0.25, 0.3) is 10.4 Å². The summed E-state index contributed by atoms with van der Waals surface area (Å²) in [7, 11) is 0. The van der Waals surface area contributed by atoms with Crippen molar-refractivity contribution >= 4 is 114 Å². The van der Waals surface area contributed by atoms with Crippen LogP contribution in [0, 0.1) is 5.41 Å². The molecule has 16 nitrogen and oxygen atoms in total. The SMILES string of the molecule is CC(=O)O[C@H]1[C@H](O[C@H]2C[C@H](OC(C)=O)[C@@H](N=[N+]=[N-])[C@H](C)O2)[C@@H](Sc2ccccc2)[C@H](O[C@H]2[C@H](OC(C)=O)[C@@H](CBr)O[C@H](OC(=N)C(Cl)(Cl)Cl)[C@@H]2Sc2ccccc2)O[C@@H]1CBr. The number of nitrogens with zero attached hydrogens (tertiary/aromatic N) is 3. The fourth-order valence-electron chi connectivity index (χ4n) is 6.92. The van der Waals surface area contributed by atoms with E-state index in [1.807, 2.05) is 60.7 Å². The van der Waals surface area contributed by atoms with E-state index in [0.29, 0.717) is 0 Å². The molecule has 0 bridgehead atoms. The summed E-state index contributed by atoms with van der Waals surface area (Å²) in [5, 5.41) is 10.7. The number of rotatable bonds is 15. The van der Waals surface area contributed by atoms with Crippen LogP contribution in [-0.2, 0) is 57.0 Å². The van der Waals surface area contributed by atoms with Crippen LogP contribution >= 0.6 is 90.2 Å². The highest BCUT2D eigenvalue weighted by Crippen LogP contribution is 2.45. The quantitative estimate of drug-likeness (QED) is 0.0260. The van der Waals surface area contributed by atoms with Gasteiger partial charge in [0, 0.05) is 52.6 Å². The predicted octanol–water partition coefficient (Wildman–Crippen LogP) is 8.29. The minimum absolute atomic E-state index is 0.0453. The summed E-state index contributed by atoms with van der Waals surface area (Å²) in [4.78, 5) is 42.2. The average Bonchev–Trinajstić information content (AvgIpc) is 3.19. The summed E-state index contributed by atoms with van der Waals surface area (Å²) in [5.74, 6) is -2.58. The topological polar surface area (TPSA) is 207 Å². The Morgan fingerprint density at radius 1 is 0.770 bits per heavy atom. The van der Waals surface area contributed by atoms with Crippen molar-refractivity contribution in [3.63, 3.8) is 0 Å². The molecule has 1 N–H and O–H groups in total. The van der Waals surface area contributed by atoms with Crippen molar-refractivity contribution in [1.82, 2.24) is 0 Å². The minimum atomic E-state index is -2.25. The van der Waals surface area contributed by atoms with Gasteiger partial charge in [-0.25, -0.2) is 0 Å². The number of carbonyl (C=O) groups is 3. The zero-order valence-electron chi connectivity index (χ0n) is 32.9. The molecular weight excluding hydrogens is 1030 g/mol. The van der Waals surface area contributed by atoms with Gasteiger partial charge in [-0.2, -0.15) is 0 Å². The molecular formula is C38H43Br2Cl3N4O12S2. The molecule has 334 valence electrons. The summed E-state index contributed by atoms with van der Waals surface area (Å²) in [5.41, 5.74) is 9.30. The highest BCUT2D eigenvalue weighted by atomic mass is 79.9. The van der Waals surface area contributed by atoms with Gasteiger partial charge in [0.25, 0.3) is 3.79 Å². The van der Waals surface area contributed by atoms with Gasteiger partial charge in [0.15, 0.2) is 24.8 Å². The van der Waals surface area contributed by atoms with Crippen LogP contribution in [0.1, 0.15) is 34.1 Å².